The molecule has 0 saturated heterocycles. The van der Waals surface area contributed by atoms with Gasteiger partial charge in [-0.25, -0.2) is 13.1 Å². The summed E-state index contributed by atoms with van der Waals surface area (Å²) in [5, 5.41) is 0. The SMILES string of the molecule is Cc1cc(C)c(Oc2cc(C(C)(C)C)ccc2CNS(=O)(=O)c2cccc(N)c2)c(C)c1. The van der Waals surface area contributed by atoms with E-state index in [4.69, 9.17) is 10.5 Å². The molecular formula is C26H32N2O3S. The Labute approximate surface area is 191 Å². The zero-order valence-electron chi connectivity index (χ0n) is 19.6. The summed E-state index contributed by atoms with van der Waals surface area (Å²) >= 11 is 0. The van der Waals surface area contributed by atoms with Crippen molar-refractivity contribution in [3.8, 4) is 11.5 Å². The molecule has 0 aliphatic carbocycles. The van der Waals surface area contributed by atoms with E-state index in [-0.39, 0.29) is 16.9 Å². The molecule has 170 valence electrons. The summed E-state index contributed by atoms with van der Waals surface area (Å²) in [6.07, 6.45) is 0. The molecule has 0 aromatic heterocycles. The van der Waals surface area contributed by atoms with E-state index >= 15 is 0 Å². The summed E-state index contributed by atoms with van der Waals surface area (Å²) in [5.74, 6) is 1.43. The van der Waals surface area contributed by atoms with Crippen LogP contribution in [0.25, 0.3) is 0 Å². The Morgan fingerprint density at radius 1 is 0.938 bits per heavy atom. The van der Waals surface area contributed by atoms with E-state index in [0.29, 0.717) is 11.4 Å². The number of nitrogens with one attached hydrogen (secondary N) is 1. The highest BCUT2D eigenvalue weighted by molar-refractivity contribution is 7.89. The first kappa shape index (κ1) is 23.8. The van der Waals surface area contributed by atoms with Gasteiger partial charge in [0.15, 0.2) is 0 Å². The Morgan fingerprint density at radius 3 is 2.19 bits per heavy atom. The average molecular weight is 453 g/mol. The lowest BCUT2D eigenvalue weighted by Gasteiger charge is -2.22. The van der Waals surface area contributed by atoms with Gasteiger partial charge in [-0.3, -0.25) is 0 Å². The smallest absolute Gasteiger partial charge is 0.240 e. The predicted molar refractivity (Wildman–Crippen MR) is 131 cm³/mol. The predicted octanol–water partition coefficient (Wildman–Crippen LogP) is 5.76. The number of nitrogen functional groups attached to an aromatic ring is 1. The highest BCUT2D eigenvalue weighted by Gasteiger charge is 2.20. The van der Waals surface area contributed by atoms with Gasteiger partial charge in [0.1, 0.15) is 11.5 Å². The zero-order valence-corrected chi connectivity index (χ0v) is 20.4. The number of sulfonamides is 1. The van der Waals surface area contributed by atoms with E-state index in [1.54, 1.807) is 12.1 Å². The Bertz CT molecular complexity index is 1220. The maximum atomic E-state index is 12.8. The van der Waals surface area contributed by atoms with Crippen LogP contribution in [0.2, 0.25) is 0 Å². The fourth-order valence-corrected chi connectivity index (χ4v) is 4.70. The summed E-state index contributed by atoms with van der Waals surface area (Å²) in [6.45, 7) is 12.6. The molecule has 0 bridgehead atoms. The normalized spacial score (nSPS) is 12.1. The third-order valence-corrected chi connectivity index (χ3v) is 6.77. The van der Waals surface area contributed by atoms with Crippen molar-refractivity contribution in [1.29, 1.82) is 0 Å². The van der Waals surface area contributed by atoms with Crippen LogP contribution in [0.1, 0.15) is 48.6 Å². The van der Waals surface area contributed by atoms with Gasteiger partial charge in [-0.2, -0.15) is 0 Å². The third kappa shape index (κ3) is 5.50. The van der Waals surface area contributed by atoms with Crippen molar-refractivity contribution >= 4 is 15.7 Å². The van der Waals surface area contributed by atoms with Gasteiger partial charge < -0.3 is 10.5 Å². The minimum atomic E-state index is -3.72. The van der Waals surface area contributed by atoms with Crippen LogP contribution in [-0.4, -0.2) is 8.42 Å². The number of aryl methyl sites for hydroxylation is 3. The van der Waals surface area contributed by atoms with Gasteiger partial charge in [-0.05, 0) is 67.1 Å². The van der Waals surface area contributed by atoms with Crippen molar-refractivity contribution in [3.63, 3.8) is 0 Å². The molecule has 3 rings (SSSR count). The number of rotatable bonds is 6. The van der Waals surface area contributed by atoms with Crippen LogP contribution in [0.4, 0.5) is 5.69 Å². The van der Waals surface area contributed by atoms with E-state index in [2.05, 4.69) is 44.5 Å². The minimum Gasteiger partial charge on any atom is -0.456 e. The lowest BCUT2D eigenvalue weighted by Crippen LogP contribution is -2.23. The third-order valence-electron chi connectivity index (χ3n) is 5.37. The standard InChI is InChI=1S/C26H32N2O3S/c1-17-12-18(2)25(19(3)13-17)31-24-14-21(26(4,5)6)11-10-20(24)16-28-32(29,30)23-9-7-8-22(27)15-23/h7-15,28H,16,27H2,1-6H3. The highest BCUT2D eigenvalue weighted by Crippen LogP contribution is 2.35. The van der Waals surface area contributed by atoms with Crippen LogP contribution < -0.4 is 15.2 Å². The van der Waals surface area contributed by atoms with E-state index in [0.717, 1.165) is 28.0 Å². The largest absolute Gasteiger partial charge is 0.456 e. The van der Waals surface area contributed by atoms with Crippen LogP contribution in [0, 0.1) is 20.8 Å². The number of ether oxygens (including phenoxy) is 1. The molecule has 3 aromatic rings. The molecule has 0 aliphatic heterocycles. The molecule has 6 heteroatoms. The van der Waals surface area contributed by atoms with Crippen molar-refractivity contribution in [2.45, 2.75) is 58.4 Å². The fourth-order valence-electron chi connectivity index (χ4n) is 3.64. The Balaban J connectivity index is 1.97. The molecule has 0 spiro atoms. The molecule has 0 unspecified atom stereocenters. The summed E-state index contributed by atoms with van der Waals surface area (Å²) in [6, 6.07) is 16.4. The molecule has 32 heavy (non-hydrogen) atoms. The lowest BCUT2D eigenvalue weighted by molar-refractivity contribution is 0.464. The van der Waals surface area contributed by atoms with Crippen molar-refractivity contribution < 1.29 is 13.2 Å². The van der Waals surface area contributed by atoms with Gasteiger partial charge in [0.2, 0.25) is 10.0 Å². The highest BCUT2D eigenvalue weighted by atomic mass is 32.2. The van der Waals surface area contributed by atoms with Gasteiger partial charge in [0, 0.05) is 17.8 Å². The lowest BCUT2D eigenvalue weighted by atomic mass is 9.86. The molecule has 0 fully saturated rings. The Hall–Kier alpha value is -2.83. The Morgan fingerprint density at radius 2 is 1.59 bits per heavy atom. The van der Waals surface area contributed by atoms with Crippen LogP contribution >= 0.6 is 0 Å². The maximum absolute atomic E-state index is 12.8. The van der Waals surface area contributed by atoms with Crippen LogP contribution in [-0.2, 0) is 22.0 Å². The van der Waals surface area contributed by atoms with Gasteiger partial charge in [-0.15, -0.1) is 0 Å². The second-order valence-corrected chi connectivity index (χ2v) is 11.1. The van der Waals surface area contributed by atoms with Crippen molar-refractivity contribution in [3.05, 3.63) is 82.4 Å². The Kier molecular flexibility index (Phi) is 6.67. The molecular weight excluding hydrogens is 420 g/mol. The van der Waals surface area contributed by atoms with Crippen molar-refractivity contribution in [2.75, 3.05) is 5.73 Å². The molecule has 0 radical (unpaired) electrons. The molecule has 5 nitrogen and oxygen atoms in total. The average Bonchev–Trinajstić information content (AvgIpc) is 2.69. The molecule has 0 heterocycles. The van der Waals surface area contributed by atoms with Crippen LogP contribution in [0.15, 0.2) is 59.5 Å². The number of benzene rings is 3. The van der Waals surface area contributed by atoms with Gasteiger partial charge in [-0.1, -0.05) is 56.7 Å². The maximum Gasteiger partial charge on any atom is 0.240 e. The molecule has 3 aromatic carbocycles. The summed E-state index contributed by atoms with van der Waals surface area (Å²) in [4.78, 5) is 0.136. The monoisotopic (exact) mass is 452 g/mol. The molecule has 0 aliphatic rings. The first-order chi connectivity index (χ1) is 14.9. The molecule has 0 atom stereocenters. The van der Waals surface area contributed by atoms with E-state index in [1.807, 2.05) is 32.0 Å². The second-order valence-electron chi connectivity index (χ2n) is 9.30. The first-order valence-corrected chi connectivity index (χ1v) is 12.1. The summed E-state index contributed by atoms with van der Waals surface area (Å²) in [7, 11) is -3.72. The second kappa shape index (κ2) is 8.96. The zero-order chi connectivity index (χ0) is 23.7. The quantitative estimate of drug-likeness (QED) is 0.466. The van der Waals surface area contributed by atoms with Gasteiger partial charge in [0.05, 0.1) is 4.90 Å². The molecule has 0 saturated carbocycles. The molecule has 3 N–H and O–H groups in total. The number of anilines is 1. The van der Waals surface area contributed by atoms with Crippen LogP contribution in [0.3, 0.4) is 0 Å². The van der Waals surface area contributed by atoms with E-state index in [1.165, 1.54) is 17.7 Å². The van der Waals surface area contributed by atoms with Gasteiger partial charge in [0.25, 0.3) is 0 Å². The summed E-state index contributed by atoms with van der Waals surface area (Å²) in [5.41, 5.74) is 11.2. The number of hydrogen-bond acceptors (Lipinski definition) is 4. The topological polar surface area (TPSA) is 81.4 Å². The van der Waals surface area contributed by atoms with Crippen molar-refractivity contribution in [1.82, 2.24) is 4.72 Å². The summed E-state index contributed by atoms with van der Waals surface area (Å²) < 4.78 is 34.7. The van der Waals surface area contributed by atoms with Crippen molar-refractivity contribution in [2.24, 2.45) is 0 Å². The van der Waals surface area contributed by atoms with E-state index in [9.17, 15) is 8.42 Å². The van der Waals surface area contributed by atoms with Gasteiger partial charge >= 0.3 is 0 Å². The molecule has 0 amide bonds. The number of hydrogen-bond donors (Lipinski definition) is 2. The first-order valence-electron chi connectivity index (χ1n) is 10.6. The minimum absolute atomic E-state index is 0.0743. The number of nitrogens with two attached hydrogens (primary N) is 1. The fraction of sp³-hybridized carbons (Fsp3) is 0.308. The van der Waals surface area contributed by atoms with Crippen LogP contribution in [0.5, 0.6) is 11.5 Å². The van der Waals surface area contributed by atoms with E-state index < -0.39 is 10.0 Å².